The molecule has 3 rings (SSSR count). The number of piperidine rings is 1. The smallest absolute Gasteiger partial charge is 0.253 e. The van der Waals surface area contributed by atoms with Gasteiger partial charge in [0.05, 0.1) is 6.10 Å². The van der Waals surface area contributed by atoms with Crippen LogP contribution in [0.4, 0.5) is 4.39 Å². The zero-order chi connectivity index (χ0) is 19.4. The minimum absolute atomic E-state index is 0.0115. The molecule has 0 spiro atoms. The number of halogens is 1. The minimum atomic E-state index is -0.396. The monoisotopic (exact) mass is 369 g/mol. The second-order valence-electron chi connectivity index (χ2n) is 6.77. The molecule has 0 saturated carbocycles. The Labute approximate surface area is 158 Å². The SMILES string of the molecule is CCOC1CCN(C(=O)c2ccc(-c3cc(F)ccc3C(C)=O)cc2)CC1. The third-order valence-electron chi connectivity index (χ3n) is 4.94. The summed E-state index contributed by atoms with van der Waals surface area (Å²) in [5.41, 5.74) is 2.31. The Balaban J connectivity index is 1.76. The number of likely N-dealkylation sites (tertiary alicyclic amines) is 1. The van der Waals surface area contributed by atoms with Gasteiger partial charge in [-0.1, -0.05) is 12.1 Å². The Kier molecular flexibility index (Phi) is 6.01. The van der Waals surface area contributed by atoms with Crippen LogP contribution in [0.2, 0.25) is 0 Å². The highest BCUT2D eigenvalue weighted by molar-refractivity contribution is 6.01. The van der Waals surface area contributed by atoms with Crippen molar-refractivity contribution in [3.63, 3.8) is 0 Å². The maximum Gasteiger partial charge on any atom is 0.253 e. The van der Waals surface area contributed by atoms with Gasteiger partial charge in [-0.15, -0.1) is 0 Å². The van der Waals surface area contributed by atoms with E-state index in [0.717, 1.165) is 12.8 Å². The summed E-state index contributed by atoms with van der Waals surface area (Å²) in [5, 5.41) is 0. The number of carbonyl (C=O) groups is 2. The van der Waals surface area contributed by atoms with E-state index in [2.05, 4.69) is 0 Å². The molecule has 1 amide bonds. The number of rotatable bonds is 5. The van der Waals surface area contributed by atoms with Gasteiger partial charge in [0.25, 0.3) is 5.91 Å². The Morgan fingerprint density at radius 1 is 1.11 bits per heavy atom. The van der Waals surface area contributed by atoms with Crippen molar-refractivity contribution < 1.29 is 18.7 Å². The van der Waals surface area contributed by atoms with Crippen LogP contribution in [-0.2, 0) is 4.74 Å². The lowest BCUT2D eigenvalue weighted by atomic mass is 9.96. The van der Waals surface area contributed by atoms with E-state index in [1.165, 1.54) is 25.1 Å². The zero-order valence-corrected chi connectivity index (χ0v) is 15.7. The van der Waals surface area contributed by atoms with Crippen molar-refractivity contribution in [1.82, 2.24) is 4.90 Å². The van der Waals surface area contributed by atoms with Crippen LogP contribution < -0.4 is 0 Å². The molecular weight excluding hydrogens is 345 g/mol. The third kappa shape index (κ3) is 4.42. The van der Waals surface area contributed by atoms with Crippen LogP contribution >= 0.6 is 0 Å². The molecule has 4 nitrogen and oxygen atoms in total. The number of ketones is 1. The molecule has 1 fully saturated rings. The van der Waals surface area contributed by atoms with Crippen LogP contribution in [0.25, 0.3) is 11.1 Å². The first-order valence-corrected chi connectivity index (χ1v) is 9.31. The van der Waals surface area contributed by atoms with Crippen molar-refractivity contribution in [2.75, 3.05) is 19.7 Å². The van der Waals surface area contributed by atoms with E-state index < -0.39 is 5.82 Å². The largest absolute Gasteiger partial charge is 0.378 e. The summed E-state index contributed by atoms with van der Waals surface area (Å²) in [4.78, 5) is 26.4. The van der Waals surface area contributed by atoms with Crippen LogP contribution in [0.1, 0.15) is 47.4 Å². The summed E-state index contributed by atoms with van der Waals surface area (Å²) >= 11 is 0. The standard InChI is InChI=1S/C22H24FNO3/c1-3-27-19-10-12-24(13-11-19)22(26)17-6-4-16(5-7-17)21-14-18(23)8-9-20(21)15(2)25/h4-9,14,19H,3,10-13H2,1-2H3. The molecule has 0 aromatic heterocycles. The van der Waals surface area contributed by atoms with E-state index in [9.17, 15) is 14.0 Å². The summed E-state index contributed by atoms with van der Waals surface area (Å²) in [5.74, 6) is -0.530. The average Bonchev–Trinajstić information content (AvgIpc) is 2.68. The number of ether oxygens (including phenoxy) is 1. The maximum absolute atomic E-state index is 13.7. The van der Waals surface area contributed by atoms with E-state index in [0.29, 0.717) is 42.0 Å². The third-order valence-corrected chi connectivity index (χ3v) is 4.94. The van der Waals surface area contributed by atoms with Crippen molar-refractivity contribution in [2.45, 2.75) is 32.8 Å². The molecular formula is C22H24FNO3. The summed E-state index contributed by atoms with van der Waals surface area (Å²) in [6, 6.07) is 11.1. The molecule has 0 aliphatic carbocycles. The molecule has 2 aromatic rings. The number of hydrogen-bond acceptors (Lipinski definition) is 3. The topological polar surface area (TPSA) is 46.6 Å². The fourth-order valence-corrected chi connectivity index (χ4v) is 3.50. The van der Waals surface area contributed by atoms with Crippen LogP contribution in [0, 0.1) is 5.82 Å². The van der Waals surface area contributed by atoms with Crippen LogP contribution in [0.5, 0.6) is 0 Å². The van der Waals surface area contributed by atoms with Gasteiger partial charge in [0, 0.05) is 30.8 Å². The predicted molar refractivity (Wildman–Crippen MR) is 102 cm³/mol. The molecule has 1 saturated heterocycles. The highest BCUT2D eigenvalue weighted by atomic mass is 19.1. The van der Waals surface area contributed by atoms with Crippen molar-refractivity contribution in [1.29, 1.82) is 0 Å². The normalized spacial score (nSPS) is 15.0. The van der Waals surface area contributed by atoms with Crippen molar-refractivity contribution in [3.05, 3.63) is 59.4 Å². The van der Waals surface area contributed by atoms with Crippen LogP contribution in [0.15, 0.2) is 42.5 Å². The van der Waals surface area contributed by atoms with Gasteiger partial charge in [-0.3, -0.25) is 9.59 Å². The minimum Gasteiger partial charge on any atom is -0.378 e. The fourth-order valence-electron chi connectivity index (χ4n) is 3.50. The van der Waals surface area contributed by atoms with E-state index in [1.54, 1.807) is 24.3 Å². The number of carbonyl (C=O) groups excluding carboxylic acids is 2. The van der Waals surface area contributed by atoms with E-state index >= 15 is 0 Å². The molecule has 0 N–H and O–H groups in total. The highest BCUT2D eigenvalue weighted by Gasteiger charge is 2.23. The molecule has 1 aliphatic heterocycles. The maximum atomic E-state index is 13.7. The van der Waals surface area contributed by atoms with Crippen LogP contribution in [0.3, 0.4) is 0 Å². The Morgan fingerprint density at radius 2 is 1.78 bits per heavy atom. The van der Waals surface area contributed by atoms with E-state index in [1.807, 2.05) is 11.8 Å². The van der Waals surface area contributed by atoms with Crippen molar-refractivity contribution in [2.24, 2.45) is 0 Å². The summed E-state index contributed by atoms with van der Waals surface area (Å²) in [7, 11) is 0. The van der Waals surface area contributed by atoms with Crippen molar-refractivity contribution >= 4 is 11.7 Å². The first kappa shape index (κ1) is 19.2. The van der Waals surface area contributed by atoms with Gasteiger partial charge in [0.2, 0.25) is 0 Å². The Morgan fingerprint density at radius 3 is 2.37 bits per heavy atom. The van der Waals surface area contributed by atoms with Gasteiger partial charge >= 0.3 is 0 Å². The molecule has 1 heterocycles. The second kappa shape index (κ2) is 8.44. The van der Waals surface area contributed by atoms with Gasteiger partial charge in [0.1, 0.15) is 5.82 Å². The number of benzene rings is 2. The quantitative estimate of drug-likeness (QED) is 0.737. The molecule has 27 heavy (non-hydrogen) atoms. The molecule has 0 unspecified atom stereocenters. The molecule has 0 atom stereocenters. The summed E-state index contributed by atoms with van der Waals surface area (Å²) in [6.07, 6.45) is 1.94. The number of amides is 1. The number of hydrogen-bond donors (Lipinski definition) is 0. The molecule has 1 aliphatic rings. The summed E-state index contributed by atoms with van der Waals surface area (Å²) < 4.78 is 19.3. The first-order chi connectivity index (χ1) is 13.0. The van der Waals surface area contributed by atoms with E-state index in [-0.39, 0.29) is 17.8 Å². The predicted octanol–water partition coefficient (Wildman–Crippen LogP) is 4.34. The lowest BCUT2D eigenvalue weighted by Gasteiger charge is -2.31. The first-order valence-electron chi connectivity index (χ1n) is 9.31. The van der Waals surface area contributed by atoms with Crippen LogP contribution in [-0.4, -0.2) is 42.4 Å². The van der Waals surface area contributed by atoms with Crippen molar-refractivity contribution in [3.8, 4) is 11.1 Å². The number of nitrogens with zero attached hydrogens (tertiary/aromatic N) is 1. The average molecular weight is 369 g/mol. The fraction of sp³-hybridized carbons (Fsp3) is 0.364. The lowest BCUT2D eigenvalue weighted by Crippen LogP contribution is -2.40. The second-order valence-corrected chi connectivity index (χ2v) is 6.77. The van der Waals surface area contributed by atoms with Gasteiger partial charge in [-0.2, -0.15) is 0 Å². The highest BCUT2D eigenvalue weighted by Crippen LogP contribution is 2.26. The van der Waals surface area contributed by atoms with Gasteiger partial charge in [-0.25, -0.2) is 4.39 Å². The molecule has 0 bridgehead atoms. The van der Waals surface area contributed by atoms with Gasteiger partial charge in [-0.05, 0) is 68.1 Å². The van der Waals surface area contributed by atoms with E-state index in [4.69, 9.17) is 4.74 Å². The molecule has 142 valence electrons. The molecule has 5 heteroatoms. The zero-order valence-electron chi connectivity index (χ0n) is 15.7. The molecule has 0 radical (unpaired) electrons. The van der Waals surface area contributed by atoms with Gasteiger partial charge < -0.3 is 9.64 Å². The van der Waals surface area contributed by atoms with Gasteiger partial charge in [0.15, 0.2) is 5.78 Å². The number of Topliss-reactive ketones (excluding diaryl/α,β-unsaturated/α-hetero) is 1. The molecule has 2 aromatic carbocycles. The Bertz CT molecular complexity index is 824. The summed E-state index contributed by atoms with van der Waals surface area (Å²) in [6.45, 7) is 5.51. The Hall–Kier alpha value is -2.53. The lowest BCUT2D eigenvalue weighted by molar-refractivity contribution is 0.0146.